The number of hydrogen-bond acceptors (Lipinski definition) is 3. The Hall–Kier alpha value is -2.95. The number of carbonyl (C=O) groups is 2. The van der Waals surface area contributed by atoms with Crippen molar-refractivity contribution in [3.63, 3.8) is 0 Å². The Morgan fingerprint density at radius 3 is 2.45 bits per heavy atom. The highest BCUT2D eigenvalue weighted by molar-refractivity contribution is 6.54. The minimum atomic E-state index is -0.124. The monoisotopic (exact) mass is 293 g/mol. The number of likely N-dealkylation sites (N-methyl/N-ethyl adjacent to an activating group) is 1. The molecule has 0 bridgehead atoms. The number of amides is 2. The Kier molecular flexibility index (Phi) is 3.47. The maximum absolute atomic E-state index is 12.3. The number of fused-ring (bicyclic) bond motifs is 1. The van der Waals surface area contributed by atoms with E-state index in [-0.39, 0.29) is 11.8 Å². The van der Waals surface area contributed by atoms with Crippen LogP contribution in [0, 0.1) is 0 Å². The van der Waals surface area contributed by atoms with Gasteiger partial charge in [0.25, 0.3) is 5.91 Å². The number of rotatable bonds is 2. The summed E-state index contributed by atoms with van der Waals surface area (Å²) in [5, 5.41) is 2.69. The van der Waals surface area contributed by atoms with Crippen LogP contribution in [0.5, 0.6) is 0 Å². The van der Waals surface area contributed by atoms with Crippen molar-refractivity contribution in [2.24, 2.45) is 4.99 Å². The molecule has 2 aromatic carbocycles. The summed E-state index contributed by atoms with van der Waals surface area (Å²) in [5.74, 6) is -0.243. The number of aliphatic imine (C=N–C) groups is 1. The summed E-state index contributed by atoms with van der Waals surface area (Å²) in [6.45, 7) is 1.46. The van der Waals surface area contributed by atoms with Gasteiger partial charge in [-0.05, 0) is 30.3 Å². The van der Waals surface area contributed by atoms with E-state index in [1.165, 1.54) is 6.92 Å². The summed E-state index contributed by atoms with van der Waals surface area (Å²) >= 11 is 0. The highest BCUT2D eigenvalue weighted by Gasteiger charge is 2.30. The fraction of sp³-hybridized carbons (Fsp3) is 0.118. The second kappa shape index (κ2) is 5.44. The minimum Gasteiger partial charge on any atom is -0.326 e. The Bertz CT molecular complexity index is 779. The standard InChI is InChI=1S/C17H15N3O2/c1-11(21)18-12-7-9-13(10-8-12)19-16-14-5-3-4-6-15(14)20(2)17(16)22/h3-10H,1-2H3,(H,18,21). The summed E-state index contributed by atoms with van der Waals surface area (Å²) in [6.07, 6.45) is 0. The minimum absolute atomic E-state index is 0.118. The quantitative estimate of drug-likeness (QED) is 0.925. The second-order valence-electron chi connectivity index (χ2n) is 5.07. The van der Waals surface area contributed by atoms with Crippen LogP contribution in [0.1, 0.15) is 12.5 Å². The topological polar surface area (TPSA) is 61.8 Å². The van der Waals surface area contributed by atoms with Crippen molar-refractivity contribution in [1.82, 2.24) is 0 Å². The van der Waals surface area contributed by atoms with Crippen LogP contribution in [0.3, 0.4) is 0 Å². The van der Waals surface area contributed by atoms with E-state index in [9.17, 15) is 9.59 Å². The fourth-order valence-electron chi connectivity index (χ4n) is 2.41. The normalized spacial score (nSPS) is 15.1. The summed E-state index contributed by atoms with van der Waals surface area (Å²) < 4.78 is 0. The third-order valence-corrected chi connectivity index (χ3v) is 3.46. The highest BCUT2D eigenvalue weighted by atomic mass is 16.2. The molecule has 0 radical (unpaired) electrons. The zero-order valence-corrected chi connectivity index (χ0v) is 12.3. The van der Waals surface area contributed by atoms with E-state index in [1.54, 1.807) is 36.2 Å². The molecule has 22 heavy (non-hydrogen) atoms. The molecule has 2 aromatic rings. The predicted octanol–water partition coefficient (Wildman–Crippen LogP) is 2.74. The van der Waals surface area contributed by atoms with Gasteiger partial charge in [0.15, 0.2) is 0 Å². The number of benzene rings is 2. The molecule has 0 atom stereocenters. The third kappa shape index (κ3) is 2.48. The summed E-state index contributed by atoms with van der Waals surface area (Å²) in [7, 11) is 1.74. The molecule has 110 valence electrons. The second-order valence-corrected chi connectivity index (χ2v) is 5.07. The van der Waals surface area contributed by atoms with Crippen molar-refractivity contribution < 1.29 is 9.59 Å². The van der Waals surface area contributed by atoms with Crippen molar-refractivity contribution >= 4 is 34.6 Å². The molecule has 0 saturated heterocycles. The van der Waals surface area contributed by atoms with E-state index in [0.717, 1.165) is 11.3 Å². The van der Waals surface area contributed by atoms with Crippen LogP contribution in [-0.2, 0) is 9.59 Å². The summed E-state index contributed by atoms with van der Waals surface area (Å²) in [5.41, 5.74) is 3.50. The van der Waals surface area contributed by atoms with E-state index >= 15 is 0 Å². The predicted molar refractivity (Wildman–Crippen MR) is 86.8 cm³/mol. The average Bonchev–Trinajstić information content (AvgIpc) is 2.74. The number of nitrogens with zero attached hydrogens (tertiary/aromatic N) is 2. The Morgan fingerprint density at radius 1 is 1.09 bits per heavy atom. The molecule has 1 aliphatic heterocycles. The molecule has 0 fully saturated rings. The van der Waals surface area contributed by atoms with Crippen molar-refractivity contribution in [3.05, 3.63) is 54.1 Å². The lowest BCUT2D eigenvalue weighted by molar-refractivity contribution is -0.114. The molecular formula is C17H15N3O2. The van der Waals surface area contributed by atoms with E-state index in [4.69, 9.17) is 0 Å². The van der Waals surface area contributed by atoms with Crippen molar-refractivity contribution in [2.45, 2.75) is 6.92 Å². The van der Waals surface area contributed by atoms with Crippen LogP contribution in [0.4, 0.5) is 17.1 Å². The third-order valence-electron chi connectivity index (χ3n) is 3.46. The van der Waals surface area contributed by atoms with Crippen LogP contribution in [0.15, 0.2) is 53.5 Å². The number of para-hydroxylation sites is 1. The van der Waals surface area contributed by atoms with E-state index in [1.807, 2.05) is 24.3 Å². The molecule has 1 heterocycles. The molecule has 0 unspecified atom stereocenters. The average molecular weight is 293 g/mol. The molecule has 1 aliphatic rings. The number of nitrogens with one attached hydrogen (secondary N) is 1. The van der Waals surface area contributed by atoms with Gasteiger partial charge in [-0.15, -0.1) is 0 Å². The Morgan fingerprint density at radius 2 is 1.77 bits per heavy atom. The molecule has 0 saturated carbocycles. The van der Waals surface area contributed by atoms with Crippen LogP contribution in [0.2, 0.25) is 0 Å². The van der Waals surface area contributed by atoms with Gasteiger partial charge in [0, 0.05) is 25.2 Å². The van der Waals surface area contributed by atoms with Crippen molar-refractivity contribution in [1.29, 1.82) is 0 Å². The largest absolute Gasteiger partial charge is 0.326 e. The lowest BCUT2D eigenvalue weighted by Crippen LogP contribution is -2.25. The summed E-state index contributed by atoms with van der Waals surface area (Å²) in [4.78, 5) is 29.4. The van der Waals surface area contributed by atoms with Crippen LogP contribution in [0.25, 0.3) is 0 Å². The van der Waals surface area contributed by atoms with E-state index in [0.29, 0.717) is 17.1 Å². The smallest absolute Gasteiger partial charge is 0.277 e. The molecule has 1 N–H and O–H groups in total. The van der Waals surface area contributed by atoms with Crippen LogP contribution >= 0.6 is 0 Å². The van der Waals surface area contributed by atoms with Gasteiger partial charge in [-0.3, -0.25) is 9.59 Å². The fourth-order valence-corrected chi connectivity index (χ4v) is 2.41. The number of anilines is 2. The van der Waals surface area contributed by atoms with E-state index in [2.05, 4.69) is 10.3 Å². The van der Waals surface area contributed by atoms with E-state index < -0.39 is 0 Å². The van der Waals surface area contributed by atoms with Gasteiger partial charge in [-0.25, -0.2) is 4.99 Å². The van der Waals surface area contributed by atoms with Gasteiger partial charge in [0.1, 0.15) is 5.71 Å². The van der Waals surface area contributed by atoms with Gasteiger partial charge in [-0.1, -0.05) is 18.2 Å². The molecule has 2 amide bonds. The Balaban J connectivity index is 1.95. The molecule has 5 nitrogen and oxygen atoms in total. The number of carbonyl (C=O) groups excluding carboxylic acids is 2. The van der Waals surface area contributed by atoms with Crippen molar-refractivity contribution in [2.75, 3.05) is 17.3 Å². The zero-order chi connectivity index (χ0) is 15.7. The maximum atomic E-state index is 12.3. The first-order valence-corrected chi connectivity index (χ1v) is 6.90. The van der Waals surface area contributed by atoms with Gasteiger partial charge in [-0.2, -0.15) is 0 Å². The van der Waals surface area contributed by atoms with Gasteiger partial charge in [0.05, 0.1) is 11.4 Å². The molecule has 5 heteroatoms. The molecular weight excluding hydrogens is 278 g/mol. The van der Waals surface area contributed by atoms with Crippen molar-refractivity contribution in [3.8, 4) is 0 Å². The highest BCUT2D eigenvalue weighted by Crippen LogP contribution is 2.29. The molecule has 0 spiro atoms. The first-order valence-electron chi connectivity index (χ1n) is 6.90. The molecule has 0 aliphatic carbocycles. The van der Waals surface area contributed by atoms with Crippen LogP contribution < -0.4 is 10.2 Å². The van der Waals surface area contributed by atoms with Crippen LogP contribution in [-0.4, -0.2) is 24.6 Å². The zero-order valence-electron chi connectivity index (χ0n) is 12.3. The first kappa shape index (κ1) is 14.0. The lowest BCUT2D eigenvalue weighted by atomic mass is 10.1. The molecule has 0 aromatic heterocycles. The Labute approximate surface area is 128 Å². The van der Waals surface area contributed by atoms with Gasteiger partial charge in [0.2, 0.25) is 5.91 Å². The first-order chi connectivity index (χ1) is 10.6. The summed E-state index contributed by atoms with van der Waals surface area (Å²) in [6, 6.07) is 14.6. The maximum Gasteiger partial charge on any atom is 0.277 e. The molecule has 3 rings (SSSR count). The lowest BCUT2D eigenvalue weighted by Gasteiger charge is -2.07. The SMILES string of the molecule is CC(=O)Nc1ccc(N=C2C(=O)N(C)c3ccccc32)cc1. The van der Waals surface area contributed by atoms with Gasteiger partial charge >= 0.3 is 0 Å². The van der Waals surface area contributed by atoms with Gasteiger partial charge < -0.3 is 10.2 Å². The number of hydrogen-bond donors (Lipinski definition) is 1.